The van der Waals surface area contributed by atoms with E-state index in [0.717, 1.165) is 37.4 Å². The molecule has 0 bridgehead atoms. The average molecular weight is 346 g/mol. The molecule has 0 radical (unpaired) electrons. The fourth-order valence-corrected chi connectivity index (χ4v) is 4.09. The zero-order valence-electron chi connectivity index (χ0n) is 16.3. The molecule has 5 nitrogen and oxygen atoms in total. The van der Waals surface area contributed by atoms with Gasteiger partial charge in [-0.1, -0.05) is 20.8 Å². The second-order valence-electron chi connectivity index (χ2n) is 8.42. The van der Waals surface area contributed by atoms with E-state index in [1.165, 1.54) is 11.1 Å². The third kappa shape index (κ3) is 3.34. The van der Waals surface area contributed by atoms with Crippen molar-refractivity contribution in [1.29, 1.82) is 0 Å². The predicted molar refractivity (Wildman–Crippen MR) is 98.2 cm³/mol. The molecule has 0 spiro atoms. The number of nitrogens with zero attached hydrogens (tertiary/aromatic N) is 2. The normalized spacial score (nSPS) is 23.9. The lowest BCUT2D eigenvalue weighted by atomic mass is 9.83. The van der Waals surface area contributed by atoms with E-state index in [4.69, 9.17) is 9.47 Å². The lowest BCUT2D eigenvalue weighted by Gasteiger charge is -2.48. The number of carbonyl (C=O) groups excluding carboxylic acids is 1. The van der Waals surface area contributed by atoms with E-state index < -0.39 is 0 Å². The first-order valence-corrected chi connectivity index (χ1v) is 9.00. The highest BCUT2D eigenvalue weighted by Gasteiger charge is 2.43. The topological polar surface area (TPSA) is 42.0 Å². The number of methoxy groups -OCH3 is 2. The molecule has 138 valence electrons. The largest absolute Gasteiger partial charge is 0.493 e. The molecule has 1 aromatic carbocycles. The Balaban J connectivity index is 1.93. The molecule has 2 heterocycles. The molecule has 1 fully saturated rings. The van der Waals surface area contributed by atoms with Crippen LogP contribution in [0.1, 0.15) is 44.4 Å². The van der Waals surface area contributed by atoms with Gasteiger partial charge in [0, 0.05) is 13.1 Å². The van der Waals surface area contributed by atoms with Crippen LogP contribution in [0.3, 0.4) is 0 Å². The molecule has 1 amide bonds. The van der Waals surface area contributed by atoms with Crippen LogP contribution >= 0.6 is 0 Å². The van der Waals surface area contributed by atoms with Crippen LogP contribution in [0.15, 0.2) is 12.1 Å². The summed E-state index contributed by atoms with van der Waals surface area (Å²) in [5.74, 6) is 1.75. The van der Waals surface area contributed by atoms with Crippen molar-refractivity contribution in [2.75, 3.05) is 34.4 Å². The summed E-state index contributed by atoms with van der Waals surface area (Å²) < 4.78 is 10.9. The van der Waals surface area contributed by atoms with Crippen LogP contribution in [-0.2, 0) is 11.2 Å². The maximum absolute atomic E-state index is 13.2. The van der Waals surface area contributed by atoms with E-state index in [-0.39, 0.29) is 23.4 Å². The summed E-state index contributed by atoms with van der Waals surface area (Å²) in [6.07, 6.45) is 1.74. The van der Waals surface area contributed by atoms with Gasteiger partial charge >= 0.3 is 0 Å². The first kappa shape index (κ1) is 18.1. The van der Waals surface area contributed by atoms with Gasteiger partial charge in [0.2, 0.25) is 5.91 Å². The number of amides is 1. The number of fused-ring (bicyclic) bond motifs is 3. The molecule has 1 aromatic rings. The Hall–Kier alpha value is -1.75. The minimum absolute atomic E-state index is 0.0297. The molecule has 0 N–H and O–H groups in total. The van der Waals surface area contributed by atoms with Gasteiger partial charge in [-0.2, -0.15) is 0 Å². The maximum Gasteiger partial charge on any atom is 0.240 e. The number of rotatable bonds is 3. The maximum atomic E-state index is 13.2. The van der Waals surface area contributed by atoms with Crippen LogP contribution in [-0.4, -0.2) is 56.1 Å². The standard InChI is InChI=1S/C20H30N2O3/c1-20(2,3)11-15-19(23)22-8-7-13-9-17(24-5)18(25-6)10-14(13)16(22)12-21(15)4/h9-10,15-16H,7-8,11-12H2,1-6H3/t15-,16-/m1/s1. The van der Waals surface area contributed by atoms with Crippen LogP contribution in [0.5, 0.6) is 11.5 Å². The van der Waals surface area contributed by atoms with Gasteiger partial charge in [-0.05, 0) is 48.6 Å². The Labute approximate surface area is 150 Å². The van der Waals surface area contributed by atoms with Crippen molar-refractivity contribution in [1.82, 2.24) is 9.80 Å². The fraction of sp³-hybridized carbons (Fsp3) is 0.650. The van der Waals surface area contributed by atoms with E-state index >= 15 is 0 Å². The number of hydrogen-bond acceptors (Lipinski definition) is 4. The number of piperazine rings is 1. The third-order valence-electron chi connectivity index (χ3n) is 5.37. The monoisotopic (exact) mass is 346 g/mol. The average Bonchev–Trinajstić information content (AvgIpc) is 2.56. The van der Waals surface area contributed by atoms with E-state index in [1.807, 2.05) is 0 Å². The summed E-state index contributed by atoms with van der Waals surface area (Å²) in [5.41, 5.74) is 2.58. The molecule has 0 aromatic heterocycles. The van der Waals surface area contributed by atoms with Crippen LogP contribution in [0.25, 0.3) is 0 Å². The van der Waals surface area contributed by atoms with Crippen molar-refractivity contribution in [2.45, 2.75) is 45.7 Å². The van der Waals surface area contributed by atoms with Crippen molar-refractivity contribution in [3.8, 4) is 11.5 Å². The van der Waals surface area contributed by atoms with E-state index in [9.17, 15) is 4.79 Å². The van der Waals surface area contributed by atoms with E-state index in [2.05, 4.69) is 49.8 Å². The van der Waals surface area contributed by atoms with Crippen LogP contribution in [0.2, 0.25) is 0 Å². The molecule has 2 aliphatic rings. The van der Waals surface area contributed by atoms with E-state index in [1.54, 1.807) is 14.2 Å². The van der Waals surface area contributed by atoms with Crippen molar-refractivity contribution >= 4 is 5.91 Å². The quantitative estimate of drug-likeness (QED) is 0.844. The number of benzene rings is 1. The zero-order valence-corrected chi connectivity index (χ0v) is 16.3. The first-order valence-electron chi connectivity index (χ1n) is 9.00. The third-order valence-corrected chi connectivity index (χ3v) is 5.37. The van der Waals surface area contributed by atoms with Crippen molar-refractivity contribution in [2.24, 2.45) is 5.41 Å². The van der Waals surface area contributed by atoms with Crippen LogP contribution in [0, 0.1) is 5.41 Å². The van der Waals surface area contributed by atoms with Gasteiger partial charge in [0.05, 0.1) is 26.3 Å². The molecule has 25 heavy (non-hydrogen) atoms. The van der Waals surface area contributed by atoms with Crippen LogP contribution < -0.4 is 9.47 Å². The van der Waals surface area contributed by atoms with Gasteiger partial charge in [-0.15, -0.1) is 0 Å². The summed E-state index contributed by atoms with van der Waals surface area (Å²) in [7, 11) is 5.39. The molecule has 1 saturated heterocycles. The highest BCUT2D eigenvalue weighted by Crippen LogP contribution is 2.41. The van der Waals surface area contributed by atoms with Gasteiger partial charge in [-0.25, -0.2) is 0 Å². The molecule has 0 saturated carbocycles. The SMILES string of the molecule is COc1cc2c(cc1OC)[C@H]1CN(C)[C@H](CC(C)(C)C)C(=O)N1CC2. The van der Waals surface area contributed by atoms with Gasteiger partial charge in [0.1, 0.15) is 0 Å². The molecular weight excluding hydrogens is 316 g/mol. The molecular formula is C20H30N2O3. The van der Waals surface area contributed by atoms with Crippen molar-refractivity contribution < 1.29 is 14.3 Å². The minimum Gasteiger partial charge on any atom is -0.493 e. The molecule has 3 rings (SSSR count). The number of ether oxygens (including phenoxy) is 2. The van der Waals surface area contributed by atoms with Gasteiger partial charge in [0.15, 0.2) is 11.5 Å². The van der Waals surface area contributed by atoms with Crippen molar-refractivity contribution in [3.05, 3.63) is 23.3 Å². The van der Waals surface area contributed by atoms with Crippen molar-refractivity contribution in [3.63, 3.8) is 0 Å². The lowest BCUT2D eigenvalue weighted by molar-refractivity contribution is -0.147. The Morgan fingerprint density at radius 2 is 1.80 bits per heavy atom. The molecule has 5 heteroatoms. The van der Waals surface area contributed by atoms with Gasteiger partial charge in [0.25, 0.3) is 0 Å². The molecule has 2 atom stereocenters. The number of hydrogen-bond donors (Lipinski definition) is 0. The van der Waals surface area contributed by atoms with Gasteiger partial charge in [-0.3, -0.25) is 9.69 Å². The highest BCUT2D eigenvalue weighted by atomic mass is 16.5. The number of likely N-dealkylation sites (N-methyl/N-ethyl adjacent to an activating group) is 1. The Bertz CT molecular complexity index is 666. The summed E-state index contributed by atoms with van der Waals surface area (Å²) in [4.78, 5) is 17.5. The second kappa shape index (κ2) is 6.52. The molecule has 2 aliphatic heterocycles. The Morgan fingerprint density at radius 1 is 1.16 bits per heavy atom. The molecule has 0 aliphatic carbocycles. The summed E-state index contributed by atoms with van der Waals surface area (Å²) in [5, 5.41) is 0. The fourth-order valence-electron chi connectivity index (χ4n) is 4.09. The van der Waals surface area contributed by atoms with E-state index in [0.29, 0.717) is 0 Å². The summed E-state index contributed by atoms with van der Waals surface area (Å²) >= 11 is 0. The Kier molecular flexibility index (Phi) is 4.71. The smallest absolute Gasteiger partial charge is 0.240 e. The number of carbonyl (C=O) groups is 1. The zero-order chi connectivity index (χ0) is 18.4. The van der Waals surface area contributed by atoms with Gasteiger partial charge < -0.3 is 14.4 Å². The lowest BCUT2D eigenvalue weighted by Crippen LogP contribution is -2.59. The minimum atomic E-state index is -0.0297. The Morgan fingerprint density at radius 3 is 2.40 bits per heavy atom. The summed E-state index contributed by atoms with van der Waals surface area (Å²) in [6, 6.07) is 4.18. The molecule has 0 unspecified atom stereocenters. The summed E-state index contributed by atoms with van der Waals surface area (Å²) in [6.45, 7) is 8.23. The predicted octanol–water partition coefficient (Wildman–Crippen LogP) is 2.88. The highest BCUT2D eigenvalue weighted by molar-refractivity contribution is 5.83. The van der Waals surface area contributed by atoms with Crippen LogP contribution in [0.4, 0.5) is 0 Å². The second-order valence-corrected chi connectivity index (χ2v) is 8.42. The first-order chi connectivity index (χ1) is 11.7.